The summed E-state index contributed by atoms with van der Waals surface area (Å²) in [6.45, 7) is 10.4. The Morgan fingerprint density at radius 2 is 2.05 bits per heavy atom. The van der Waals surface area contributed by atoms with Crippen molar-refractivity contribution in [3.8, 4) is 0 Å². The first-order valence-electron chi connectivity index (χ1n) is 7.58. The van der Waals surface area contributed by atoms with Gasteiger partial charge in [-0.15, -0.1) is 0 Å². The van der Waals surface area contributed by atoms with Crippen LogP contribution in [0.2, 0.25) is 0 Å². The molecule has 114 valence electrons. The fourth-order valence-corrected chi connectivity index (χ4v) is 3.46. The van der Waals surface area contributed by atoms with Crippen LogP contribution in [0.4, 0.5) is 0 Å². The number of likely N-dealkylation sites (N-methyl/N-ethyl adjacent to an activating group) is 1. The van der Waals surface area contributed by atoms with Gasteiger partial charge in [0.2, 0.25) is 0 Å². The number of hydrogen-bond acceptors (Lipinski definition) is 2. The second-order valence-electron chi connectivity index (χ2n) is 5.39. The number of rotatable bonds is 6. The van der Waals surface area contributed by atoms with Gasteiger partial charge in [0.1, 0.15) is 0 Å². The van der Waals surface area contributed by atoms with Gasteiger partial charge in [-0.05, 0) is 67.1 Å². The first kappa shape index (κ1) is 16.5. The highest BCUT2D eigenvalue weighted by Crippen LogP contribution is 2.26. The summed E-state index contributed by atoms with van der Waals surface area (Å²) < 4.78 is 3.47. The van der Waals surface area contributed by atoms with Gasteiger partial charge >= 0.3 is 0 Å². The van der Waals surface area contributed by atoms with Crippen molar-refractivity contribution in [1.29, 1.82) is 0 Å². The summed E-state index contributed by atoms with van der Waals surface area (Å²) in [5, 5.41) is 8.19. The summed E-state index contributed by atoms with van der Waals surface area (Å²) in [6.07, 6.45) is 0.974. The molecule has 0 spiro atoms. The lowest BCUT2D eigenvalue weighted by molar-refractivity contribution is 0.514. The average molecular weight is 397 g/mol. The van der Waals surface area contributed by atoms with Crippen molar-refractivity contribution in [2.24, 2.45) is 0 Å². The molecule has 2 rings (SSSR count). The number of nitrogens with zero attached hydrogens (tertiary/aromatic N) is 2. The summed E-state index contributed by atoms with van der Waals surface area (Å²) in [5.41, 5.74) is 5.13. The third-order valence-corrected chi connectivity index (χ3v) is 5.22. The molecule has 1 N–H and O–H groups in total. The minimum absolute atomic E-state index is 0.336. The van der Waals surface area contributed by atoms with Crippen LogP contribution in [0, 0.1) is 17.4 Å². The molecule has 2 aromatic rings. The van der Waals surface area contributed by atoms with Gasteiger partial charge in [-0.2, -0.15) is 5.10 Å². The van der Waals surface area contributed by atoms with Crippen LogP contribution in [0.15, 0.2) is 24.3 Å². The van der Waals surface area contributed by atoms with E-state index in [9.17, 15) is 0 Å². The number of halogens is 1. The number of aryl methyl sites for hydroxylation is 3. The first-order chi connectivity index (χ1) is 10.1. The normalized spacial score (nSPS) is 12.6. The van der Waals surface area contributed by atoms with Crippen LogP contribution in [-0.2, 0) is 13.0 Å². The van der Waals surface area contributed by atoms with Crippen molar-refractivity contribution >= 4 is 22.6 Å². The van der Waals surface area contributed by atoms with E-state index in [-0.39, 0.29) is 0 Å². The van der Waals surface area contributed by atoms with Gasteiger partial charge in [-0.1, -0.05) is 25.1 Å². The zero-order valence-electron chi connectivity index (χ0n) is 13.3. The number of hydrogen-bond donors (Lipinski definition) is 1. The second kappa shape index (κ2) is 7.40. The minimum Gasteiger partial charge on any atom is -0.310 e. The molecule has 0 aliphatic carbocycles. The molecule has 0 aliphatic rings. The Labute approximate surface area is 141 Å². The average Bonchev–Trinajstić information content (AvgIpc) is 2.81. The zero-order valence-corrected chi connectivity index (χ0v) is 15.4. The molecular weight excluding hydrogens is 373 g/mol. The van der Waals surface area contributed by atoms with Gasteiger partial charge in [0.15, 0.2) is 0 Å². The summed E-state index contributed by atoms with van der Waals surface area (Å²) in [4.78, 5) is 0. The molecule has 1 aromatic heterocycles. The summed E-state index contributed by atoms with van der Waals surface area (Å²) >= 11 is 2.46. The molecule has 1 atom stereocenters. The van der Waals surface area contributed by atoms with Gasteiger partial charge in [-0.3, -0.25) is 4.68 Å². The molecule has 0 saturated carbocycles. The van der Waals surface area contributed by atoms with E-state index in [0.29, 0.717) is 6.04 Å². The van der Waals surface area contributed by atoms with Crippen LogP contribution in [0.25, 0.3) is 0 Å². The predicted molar refractivity (Wildman–Crippen MR) is 96.7 cm³/mol. The SMILES string of the molecule is CCNC(Cc1cc(C)nn1CC)c1cccc(C)c1I. The van der Waals surface area contributed by atoms with Crippen LogP contribution in [0.5, 0.6) is 0 Å². The molecule has 1 aromatic carbocycles. The molecule has 3 nitrogen and oxygen atoms in total. The maximum absolute atomic E-state index is 4.56. The van der Waals surface area contributed by atoms with Gasteiger partial charge in [0.25, 0.3) is 0 Å². The largest absolute Gasteiger partial charge is 0.310 e. The molecule has 4 heteroatoms. The lowest BCUT2D eigenvalue weighted by Crippen LogP contribution is -2.25. The smallest absolute Gasteiger partial charge is 0.0596 e. The molecule has 0 amide bonds. The second-order valence-corrected chi connectivity index (χ2v) is 6.46. The summed E-state index contributed by atoms with van der Waals surface area (Å²) in [7, 11) is 0. The van der Waals surface area contributed by atoms with Crippen LogP contribution in [0.1, 0.15) is 42.4 Å². The maximum atomic E-state index is 4.56. The van der Waals surface area contributed by atoms with E-state index in [0.717, 1.165) is 25.2 Å². The molecule has 0 bridgehead atoms. The molecule has 21 heavy (non-hydrogen) atoms. The highest BCUT2D eigenvalue weighted by molar-refractivity contribution is 14.1. The minimum atomic E-state index is 0.336. The van der Waals surface area contributed by atoms with E-state index in [2.05, 4.69) is 89.6 Å². The fraction of sp³-hybridized carbons (Fsp3) is 0.471. The Bertz CT molecular complexity index is 604. The standard InChI is InChI=1S/C17H24IN3/c1-5-19-16(15-9-7-8-12(3)17(15)18)11-14-10-13(4)20-21(14)6-2/h7-10,16,19H,5-6,11H2,1-4H3. The van der Waals surface area contributed by atoms with Crippen LogP contribution < -0.4 is 5.32 Å². The monoisotopic (exact) mass is 397 g/mol. The molecule has 0 fully saturated rings. The van der Waals surface area contributed by atoms with E-state index >= 15 is 0 Å². The van der Waals surface area contributed by atoms with E-state index in [1.807, 2.05) is 0 Å². The van der Waals surface area contributed by atoms with Crippen molar-refractivity contribution < 1.29 is 0 Å². The van der Waals surface area contributed by atoms with Crippen LogP contribution in [0.3, 0.4) is 0 Å². The van der Waals surface area contributed by atoms with Gasteiger partial charge < -0.3 is 5.32 Å². The molecule has 0 saturated heterocycles. The zero-order chi connectivity index (χ0) is 15.4. The van der Waals surface area contributed by atoms with Crippen molar-refractivity contribution in [3.63, 3.8) is 0 Å². The number of benzene rings is 1. The molecular formula is C17H24IN3. The third kappa shape index (κ3) is 3.86. The van der Waals surface area contributed by atoms with Crippen LogP contribution >= 0.6 is 22.6 Å². The van der Waals surface area contributed by atoms with Crippen LogP contribution in [-0.4, -0.2) is 16.3 Å². The summed E-state index contributed by atoms with van der Waals surface area (Å²) in [6, 6.07) is 9.11. The Morgan fingerprint density at radius 3 is 2.71 bits per heavy atom. The topological polar surface area (TPSA) is 29.9 Å². The lowest BCUT2D eigenvalue weighted by Gasteiger charge is -2.21. The Kier molecular flexibility index (Phi) is 5.81. The highest BCUT2D eigenvalue weighted by atomic mass is 127. The fourth-order valence-electron chi connectivity index (χ4n) is 2.72. The van der Waals surface area contributed by atoms with E-state index in [1.165, 1.54) is 20.4 Å². The predicted octanol–water partition coefficient (Wildman–Crippen LogP) is 4.02. The Morgan fingerprint density at radius 1 is 1.29 bits per heavy atom. The molecule has 0 aliphatic heterocycles. The highest BCUT2D eigenvalue weighted by Gasteiger charge is 2.17. The van der Waals surface area contributed by atoms with E-state index in [4.69, 9.17) is 0 Å². The molecule has 0 radical (unpaired) electrons. The van der Waals surface area contributed by atoms with Crippen molar-refractivity contribution in [2.75, 3.05) is 6.54 Å². The number of aromatic nitrogens is 2. The summed E-state index contributed by atoms with van der Waals surface area (Å²) in [5.74, 6) is 0. The van der Waals surface area contributed by atoms with Crippen molar-refractivity contribution in [1.82, 2.24) is 15.1 Å². The number of nitrogens with one attached hydrogen (secondary N) is 1. The van der Waals surface area contributed by atoms with Gasteiger partial charge in [0.05, 0.1) is 5.69 Å². The third-order valence-electron chi connectivity index (χ3n) is 3.75. The molecule has 1 unspecified atom stereocenters. The Balaban J connectivity index is 2.33. The van der Waals surface area contributed by atoms with E-state index < -0.39 is 0 Å². The lowest BCUT2D eigenvalue weighted by atomic mass is 10.00. The maximum Gasteiger partial charge on any atom is 0.0596 e. The molecule has 1 heterocycles. The van der Waals surface area contributed by atoms with Gasteiger partial charge in [-0.25, -0.2) is 0 Å². The van der Waals surface area contributed by atoms with E-state index in [1.54, 1.807) is 0 Å². The first-order valence-corrected chi connectivity index (χ1v) is 8.66. The van der Waals surface area contributed by atoms with Crippen molar-refractivity contribution in [2.45, 2.75) is 46.7 Å². The quantitative estimate of drug-likeness (QED) is 0.747. The Hall–Kier alpha value is -0.880. The van der Waals surface area contributed by atoms with Crippen molar-refractivity contribution in [3.05, 3.63) is 50.4 Å². The van der Waals surface area contributed by atoms with Gasteiger partial charge in [0, 0.05) is 28.3 Å².